The predicted octanol–water partition coefficient (Wildman–Crippen LogP) is 5.35. The summed E-state index contributed by atoms with van der Waals surface area (Å²) >= 11 is 6.24. The Morgan fingerprint density at radius 2 is 1.56 bits per heavy atom. The number of hydrogen-bond donors (Lipinski definition) is 0. The molecule has 5 rings (SSSR count). The van der Waals surface area contributed by atoms with Gasteiger partial charge in [0, 0.05) is 37.7 Å². The third kappa shape index (κ3) is 5.41. The Kier molecular flexibility index (Phi) is 7.56. The number of para-hydroxylation sites is 1. The zero-order valence-corrected chi connectivity index (χ0v) is 21.5. The Hall–Kier alpha value is -3.32. The highest BCUT2D eigenvalue weighted by atomic mass is 35.5. The Morgan fingerprint density at radius 3 is 2.25 bits per heavy atom. The molecular weight excluding hydrogens is 468 g/mol. The third-order valence-corrected chi connectivity index (χ3v) is 7.07. The number of piperazine rings is 1. The Labute approximate surface area is 217 Å². The minimum absolute atomic E-state index is 0.0710. The van der Waals surface area contributed by atoms with Gasteiger partial charge in [0.05, 0.1) is 11.7 Å². The highest BCUT2D eigenvalue weighted by Gasteiger charge is 2.31. The van der Waals surface area contributed by atoms with Gasteiger partial charge in [0.25, 0.3) is 0 Å². The quantitative estimate of drug-likeness (QED) is 0.343. The number of aryl methyl sites for hydroxylation is 2. The molecule has 0 N–H and O–H groups in total. The minimum atomic E-state index is -0.0710. The number of nitrogens with zero attached hydrogens (tertiary/aromatic N) is 6. The number of rotatable bonds is 7. The van der Waals surface area contributed by atoms with Crippen LogP contribution in [-0.2, 0) is 0 Å². The van der Waals surface area contributed by atoms with Gasteiger partial charge in [0.15, 0.2) is 5.82 Å². The zero-order chi connectivity index (χ0) is 24.9. The fourth-order valence-corrected chi connectivity index (χ4v) is 5.06. The van der Waals surface area contributed by atoms with E-state index in [2.05, 4.69) is 106 Å². The van der Waals surface area contributed by atoms with Gasteiger partial charge in [0.1, 0.15) is 0 Å². The number of tetrazole rings is 1. The normalized spacial score (nSPS) is 16.0. The van der Waals surface area contributed by atoms with Crippen molar-refractivity contribution in [3.8, 4) is 5.69 Å². The van der Waals surface area contributed by atoms with Gasteiger partial charge in [-0.05, 0) is 58.7 Å². The summed E-state index contributed by atoms with van der Waals surface area (Å²) in [7, 11) is 0. The lowest BCUT2D eigenvalue weighted by atomic mass is 10.0. The Balaban J connectivity index is 1.39. The maximum Gasteiger partial charge on any atom is 0.178 e. The van der Waals surface area contributed by atoms with Crippen LogP contribution in [0.1, 0.15) is 34.1 Å². The van der Waals surface area contributed by atoms with Crippen molar-refractivity contribution in [1.29, 1.82) is 0 Å². The molecule has 2 heterocycles. The molecule has 3 aromatic carbocycles. The summed E-state index contributed by atoms with van der Waals surface area (Å²) in [5.74, 6) is 0.826. The first-order chi connectivity index (χ1) is 17.6. The van der Waals surface area contributed by atoms with E-state index in [0.29, 0.717) is 0 Å². The molecule has 0 aliphatic carbocycles. The maximum atomic E-state index is 6.24. The summed E-state index contributed by atoms with van der Waals surface area (Å²) < 4.78 is 1.92. The van der Waals surface area contributed by atoms with Gasteiger partial charge >= 0.3 is 0 Å². The molecule has 1 aliphatic heterocycles. The van der Waals surface area contributed by atoms with Crippen molar-refractivity contribution in [2.75, 3.05) is 32.7 Å². The second-order valence-electron chi connectivity index (χ2n) is 9.29. The van der Waals surface area contributed by atoms with Crippen molar-refractivity contribution in [2.24, 2.45) is 0 Å². The molecule has 0 amide bonds. The van der Waals surface area contributed by atoms with Gasteiger partial charge in [0.2, 0.25) is 0 Å². The number of hydrogen-bond acceptors (Lipinski definition) is 5. The summed E-state index contributed by atoms with van der Waals surface area (Å²) in [5, 5.41) is 13.8. The van der Waals surface area contributed by atoms with E-state index < -0.39 is 0 Å². The van der Waals surface area contributed by atoms with E-state index in [1.807, 2.05) is 22.9 Å². The lowest BCUT2D eigenvalue weighted by Gasteiger charge is -2.38. The van der Waals surface area contributed by atoms with E-state index in [9.17, 15) is 0 Å². The standard InChI is InChI=1S/C29H31ClN6/c1-22-8-6-9-23(2)27(22)36-29(31-32-33-36)28(25-13-15-26(30)16-14-25)35-20-18-34(19-21-35)17-7-12-24-10-4-3-5-11-24/h3-16,28H,17-21H2,1-2H3/b12-7+/t28-/m1/s1. The average Bonchev–Trinajstić information content (AvgIpc) is 3.36. The van der Waals surface area contributed by atoms with Gasteiger partial charge in [-0.2, -0.15) is 4.68 Å². The van der Waals surface area contributed by atoms with Crippen LogP contribution < -0.4 is 0 Å². The van der Waals surface area contributed by atoms with E-state index in [4.69, 9.17) is 11.6 Å². The van der Waals surface area contributed by atoms with E-state index >= 15 is 0 Å². The van der Waals surface area contributed by atoms with E-state index in [0.717, 1.165) is 65.9 Å². The number of benzene rings is 3. The van der Waals surface area contributed by atoms with Crippen LogP contribution in [0, 0.1) is 13.8 Å². The van der Waals surface area contributed by atoms with Crippen molar-refractivity contribution in [2.45, 2.75) is 19.9 Å². The van der Waals surface area contributed by atoms with Crippen molar-refractivity contribution in [3.05, 3.63) is 112 Å². The van der Waals surface area contributed by atoms with Crippen molar-refractivity contribution < 1.29 is 0 Å². The highest BCUT2D eigenvalue weighted by molar-refractivity contribution is 6.30. The number of aromatic nitrogens is 4. The molecule has 1 saturated heterocycles. The lowest BCUT2D eigenvalue weighted by Crippen LogP contribution is -2.48. The molecule has 1 fully saturated rings. The fourth-order valence-electron chi connectivity index (χ4n) is 4.94. The van der Waals surface area contributed by atoms with Gasteiger partial charge in [-0.25, -0.2) is 0 Å². The molecule has 184 valence electrons. The van der Waals surface area contributed by atoms with Crippen LogP contribution >= 0.6 is 11.6 Å². The summed E-state index contributed by atoms with van der Waals surface area (Å²) in [4.78, 5) is 4.97. The molecule has 0 radical (unpaired) electrons. The lowest BCUT2D eigenvalue weighted by molar-refractivity contribution is 0.113. The van der Waals surface area contributed by atoms with Crippen molar-refractivity contribution >= 4 is 17.7 Å². The molecule has 7 heteroatoms. The van der Waals surface area contributed by atoms with Crippen LogP contribution in [0.25, 0.3) is 11.8 Å². The second-order valence-corrected chi connectivity index (χ2v) is 9.73. The molecule has 6 nitrogen and oxygen atoms in total. The van der Waals surface area contributed by atoms with E-state index in [-0.39, 0.29) is 6.04 Å². The van der Waals surface area contributed by atoms with Crippen LogP contribution in [0.5, 0.6) is 0 Å². The first-order valence-corrected chi connectivity index (χ1v) is 12.8. The van der Waals surface area contributed by atoms with Crippen LogP contribution in [0.2, 0.25) is 5.02 Å². The minimum Gasteiger partial charge on any atom is -0.297 e. The van der Waals surface area contributed by atoms with Gasteiger partial charge in [-0.3, -0.25) is 9.80 Å². The fraction of sp³-hybridized carbons (Fsp3) is 0.276. The first kappa shape index (κ1) is 24.4. The predicted molar refractivity (Wildman–Crippen MR) is 145 cm³/mol. The van der Waals surface area contributed by atoms with Crippen molar-refractivity contribution in [3.63, 3.8) is 0 Å². The van der Waals surface area contributed by atoms with Crippen LogP contribution in [-0.4, -0.2) is 62.7 Å². The molecule has 1 aromatic heterocycles. The van der Waals surface area contributed by atoms with E-state index in [1.54, 1.807) is 0 Å². The van der Waals surface area contributed by atoms with Gasteiger partial charge < -0.3 is 0 Å². The molecule has 1 atom stereocenters. The summed E-state index contributed by atoms with van der Waals surface area (Å²) in [6.45, 7) is 8.95. The molecule has 0 bridgehead atoms. The summed E-state index contributed by atoms with van der Waals surface area (Å²) in [6.07, 6.45) is 4.45. The SMILES string of the molecule is Cc1cccc(C)c1-n1nnnc1[C@@H](c1ccc(Cl)cc1)N1CCN(C/C=C/c2ccccc2)CC1. The topological polar surface area (TPSA) is 50.1 Å². The zero-order valence-electron chi connectivity index (χ0n) is 20.8. The van der Waals surface area contributed by atoms with Gasteiger partial charge in [-0.15, -0.1) is 5.10 Å². The molecule has 0 spiro atoms. The smallest absolute Gasteiger partial charge is 0.178 e. The first-order valence-electron chi connectivity index (χ1n) is 12.4. The summed E-state index contributed by atoms with van der Waals surface area (Å²) in [6, 6.07) is 24.7. The molecule has 4 aromatic rings. The van der Waals surface area contributed by atoms with E-state index in [1.165, 1.54) is 5.56 Å². The maximum absolute atomic E-state index is 6.24. The molecular formula is C29H31ClN6. The molecule has 36 heavy (non-hydrogen) atoms. The Morgan fingerprint density at radius 1 is 0.861 bits per heavy atom. The molecule has 0 saturated carbocycles. The van der Waals surface area contributed by atoms with Crippen molar-refractivity contribution in [1.82, 2.24) is 30.0 Å². The van der Waals surface area contributed by atoms with Crippen LogP contribution in [0.3, 0.4) is 0 Å². The number of halogens is 1. The molecule has 0 unspecified atom stereocenters. The van der Waals surface area contributed by atoms with Gasteiger partial charge in [-0.1, -0.05) is 84.4 Å². The third-order valence-electron chi connectivity index (χ3n) is 6.82. The Bertz CT molecular complexity index is 1290. The second kappa shape index (κ2) is 11.2. The van der Waals surface area contributed by atoms with Crippen LogP contribution in [0.4, 0.5) is 0 Å². The average molecular weight is 499 g/mol. The highest BCUT2D eigenvalue weighted by Crippen LogP contribution is 2.31. The molecule has 1 aliphatic rings. The monoisotopic (exact) mass is 498 g/mol. The van der Waals surface area contributed by atoms with Crippen LogP contribution in [0.15, 0.2) is 78.9 Å². The summed E-state index contributed by atoms with van der Waals surface area (Å²) in [5.41, 5.74) is 5.71. The largest absolute Gasteiger partial charge is 0.297 e.